The first-order chi connectivity index (χ1) is 9.47. The number of nitrogens with two attached hydrogens (primary N) is 1. The van der Waals surface area contributed by atoms with Crippen molar-refractivity contribution in [3.8, 4) is 5.75 Å². The minimum Gasteiger partial charge on any atom is -0.467 e. The first kappa shape index (κ1) is 17.0. The predicted octanol–water partition coefficient (Wildman–Crippen LogP) is 3.53. The van der Waals surface area contributed by atoms with E-state index in [1.165, 1.54) is 16.7 Å². The van der Waals surface area contributed by atoms with E-state index < -0.39 is 0 Å². The molecule has 3 nitrogen and oxygen atoms in total. The number of hydrogen-bond donors (Lipinski definition) is 1. The van der Waals surface area contributed by atoms with E-state index in [1.807, 2.05) is 0 Å². The molecular formula is C17H29NO2. The summed E-state index contributed by atoms with van der Waals surface area (Å²) in [4.78, 5) is 0. The zero-order valence-corrected chi connectivity index (χ0v) is 13.5. The number of ether oxygens (including phenoxy) is 2. The number of hydrogen-bond acceptors (Lipinski definition) is 3. The Labute approximate surface area is 123 Å². The van der Waals surface area contributed by atoms with Gasteiger partial charge in [-0.05, 0) is 41.4 Å². The lowest BCUT2D eigenvalue weighted by Gasteiger charge is -2.19. The van der Waals surface area contributed by atoms with Crippen LogP contribution in [0, 0.1) is 11.8 Å². The molecule has 0 fully saturated rings. The maximum Gasteiger partial charge on any atom is 0.188 e. The van der Waals surface area contributed by atoms with Gasteiger partial charge in [0.25, 0.3) is 0 Å². The Morgan fingerprint density at radius 2 is 1.50 bits per heavy atom. The van der Waals surface area contributed by atoms with Crippen LogP contribution in [0.5, 0.6) is 5.75 Å². The second-order valence-electron chi connectivity index (χ2n) is 6.19. The first-order valence-electron chi connectivity index (χ1n) is 7.44. The zero-order valence-electron chi connectivity index (χ0n) is 13.5. The summed E-state index contributed by atoms with van der Waals surface area (Å²) in [6.45, 7) is 9.74. The molecule has 2 N–H and O–H groups in total. The molecule has 0 aliphatic heterocycles. The lowest BCUT2D eigenvalue weighted by Crippen LogP contribution is -2.10. The Hall–Kier alpha value is -1.06. The molecule has 1 aromatic rings. The lowest BCUT2D eigenvalue weighted by molar-refractivity contribution is 0.0495. The fourth-order valence-electron chi connectivity index (χ4n) is 2.43. The Kier molecular flexibility index (Phi) is 7.03. The highest BCUT2D eigenvalue weighted by molar-refractivity contribution is 5.45. The third-order valence-corrected chi connectivity index (χ3v) is 3.12. The van der Waals surface area contributed by atoms with Crippen molar-refractivity contribution in [3.05, 3.63) is 28.8 Å². The summed E-state index contributed by atoms with van der Waals surface area (Å²) >= 11 is 0. The van der Waals surface area contributed by atoms with E-state index in [1.54, 1.807) is 7.11 Å². The molecule has 0 amide bonds. The highest BCUT2D eigenvalue weighted by Gasteiger charge is 2.14. The standard InChI is InChI=1S/C17H29NO2/c1-12(2)6-15-8-14(10-18)9-16(7-13(3)4)17(15)20-11-19-5/h8-9,12-13H,6-7,10-11,18H2,1-5H3. The van der Waals surface area contributed by atoms with Crippen molar-refractivity contribution in [1.82, 2.24) is 0 Å². The minimum absolute atomic E-state index is 0.290. The Morgan fingerprint density at radius 3 is 1.85 bits per heavy atom. The molecule has 0 spiro atoms. The molecule has 0 aliphatic carbocycles. The molecule has 1 rings (SSSR count). The molecule has 0 aliphatic rings. The highest BCUT2D eigenvalue weighted by atomic mass is 16.7. The van der Waals surface area contributed by atoms with Crippen LogP contribution in [-0.2, 0) is 24.1 Å². The smallest absolute Gasteiger partial charge is 0.188 e. The van der Waals surface area contributed by atoms with Crippen LogP contribution < -0.4 is 10.5 Å². The van der Waals surface area contributed by atoms with Crippen LogP contribution in [0.4, 0.5) is 0 Å². The van der Waals surface area contributed by atoms with Gasteiger partial charge < -0.3 is 15.2 Å². The fourth-order valence-corrected chi connectivity index (χ4v) is 2.43. The maximum absolute atomic E-state index is 5.86. The molecular weight excluding hydrogens is 250 g/mol. The van der Waals surface area contributed by atoms with Gasteiger partial charge in [-0.1, -0.05) is 39.8 Å². The van der Waals surface area contributed by atoms with Gasteiger partial charge in [-0.25, -0.2) is 0 Å². The SMILES string of the molecule is COCOc1c(CC(C)C)cc(CN)cc1CC(C)C. The van der Waals surface area contributed by atoms with Crippen molar-refractivity contribution in [2.45, 2.75) is 47.1 Å². The molecule has 0 atom stereocenters. The Balaban J connectivity index is 3.20. The number of methoxy groups -OCH3 is 1. The van der Waals surface area contributed by atoms with Crippen molar-refractivity contribution in [2.75, 3.05) is 13.9 Å². The van der Waals surface area contributed by atoms with E-state index in [9.17, 15) is 0 Å². The lowest BCUT2D eigenvalue weighted by atomic mass is 9.93. The Morgan fingerprint density at radius 1 is 1.00 bits per heavy atom. The normalized spacial score (nSPS) is 11.4. The van der Waals surface area contributed by atoms with Crippen LogP contribution in [0.15, 0.2) is 12.1 Å². The topological polar surface area (TPSA) is 44.5 Å². The molecule has 0 heterocycles. The van der Waals surface area contributed by atoms with Gasteiger partial charge in [0.2, 0.25) is 0 Å². The van der Waals surface area contributed by atoms with Gasteiger partial charge in [-0.2, -0.15) is 0 Å². The number of rotatable bonds is 8. The molecule has 0 aromatic heterocycles. The van der Waals surface area contributed by atoms with Crippen molar-refractivity contribution in [1.29, 1.82) is 0 Å². The van der Waals surface area contributed by atoms with E-state index in [-0.39, 0.29) is 6.79 Å². The first-order valence-corrected chi connectivity index (χ1v) is 7.44. The summed E-state index contributed by atoms with van der Waals surface area (Å²) in [5.41, 5.74) is 9.51. The van der Waals surface area contributed by atoms with Gasteiger partial charge in [-0.3, -0.25) is 0 Å². The van der Waals surface area contributed by atoms with Crippen LogP contribution in [0.1, 0.15) is 44.4 Å². The second-order valence-corrected chi connectivity index (χ2v) is 6.19. The van der Waals surface area contributed by atoms with E-state index in [4.69, 9.17) is 15.2 Å². The summed E-state index contributed by atoms with van der Waals surface area (Å²) < 4.78 is 10.9. The van der Waals surface area contributed by atoms with Crippen molar-refractivity contribution < 1.29 is 9.47 Å². The number of benzene rings is 1. The zero-order chi connectivity index (χ0) is 15.1. The largest absolute Gasteiger partial charge is 0.467 e. The molecule has 0 saturated carbocycles. The minimum atomic E-state index is 0.290. The highest BCUT2D eigenvalue weighted by Crippen LogP contribution is 2.30. The fraction of sp³-hybridized carbons (Fsp3) is 0.647. The molecule has 114 valence electrons. The van der Waals surface area contributed by atoms with Crippen LogP contribution in [0.2, 0.25) is 0 Å². The van der Waals surface area contributed by atoms with Gasteiger partial charge in [-0.15, -0.1) is 0 Å². The maximum atomic E-state index is 5.86. The van der Waals surface area contributed by atoms with E-state index in [0.717, 1.165) is 18.6 Å². The summed E-state index contributed by atoms with van der Waals surface area (Å²) in [5.74, 6) is 2.16. The molecule has 1 aromatic carbocycles. The molecule has 3 heteroatoms. The van der Waals surface area contributed by atoms with Crippen molar-refractivity contribution in [3.63, 3.8) is 0 Å². The predicted molar refractivity (Wildman–Crippen MR) is 83.9 cm³/mol. The summed E-state index contributed by atoms with van der Waals surface area (Å²) in [6, 6.07) is 4.35. The monoisotopic (exact) mass is 279 g/mol. The Bertz CT molecular complexity index is 382. The summed E-state index contributed by atoms with van der Waals surface area (Å²) in [5, 5.41) is 0. The van der Waals surface area contributed by atoms with Crippen LogP contribution in [0.25, 0.3) is 0 Å². The average molecular weight is 279 g/mol. The van der Waals surface area contributed by atoms with E-state index >= 15 is 0 Å². The van der Waals surface area contributed by atoms with Crippen molar-refractivity contribution in [2.24, 2.45) is 17.6 Å². The van der Waals surface area contributed by atoms with Gasteiger partial charge in [0.15, 0.2) is 6.79 Å². The van der Waals surface area contributed by atoms with Crippen LogP contribution >= 0.6 is 0 Å². The van der Waals surface area contributed by atoms with Crippen molar-refractivity contribution >= 4 is 0 Å². The third-order valence-electron chi connectivity index (χ3n) is 3.12. The van der Waals surface area contributed by atoms with Crippen LogP contribution in [-0.4, -0.2) is 13.9 Å². The van der Waals surface area contributed by atoms with Gasteiger partial charge >= 0.3 is 0 Å². The van der Waals surface area contributed by atoms with Crippen LogP contribution in [0.3, 0.4) is 0 Å². The molecule has 20 heavy (non-hydrogen) atoms. The molecule has 0 bridgehead atoms. The van der Waals surface area contributed by atoms with E-state index in [2.05, 4.69) is 39.8 Å². The second kappa shape index (κ2) is 8.28. The molecule has 0 saturated heterocycles. The van der Waals surface area contributed by atoms with Gasteiger partial charge in [0.1, 0.15) is 5.75 Å². The van der Waals surface area contributed by atoms with E-state index in [0.29, 0.717) is 18.4 Å². The summed E-state index contributed by atoms with van der Waals surface area (Å²) in [6.07, 6.45) is 2.00. The van der Waals surface area contributed by atoms with Gasteiger partial charge in [0, 0.05) is 13.7 Å². The average Bonchev–Trinajstić information content (AvgIpc) is 2.36. The summed E-state index contributed by atoms with van der Waals surface area (Å²) in [7, 11) is 1.65. The third kappa shape index (κ3) is 5.14. The van der Waals surface area contributed by atoms with Gasteiger partial charge in [0.05, 0.1) is 0 Å². The molecule has 0 radical (unpaired) electrons. The molecule has 0 unspecified atom stereocenters. The quantitative estimate of drug-likeness (QED) is 0.740.